The second-order valence-electron chi connectivity index (χ2n) is 4.49. The number of phenolic OH excluding ortho intramolecular Hbond substituents is 1. The molecule has 0 bridgehead atoms. The average Bonchev–Trinajstić information content (AvgIpc) is 2.80. The molecule has 0 spiro atoms. The summed E-state index contributed by atoms with van der Waals surface area (Å²) >= 11 is 3.00. The monoisotopic (exact) mass is 305 g/mol. The zero-order chi connectivity index (χ0) is 12.6. The van der Waals surface area contributed by atoms with Crippen LogP contribution >= 0.6 is 15.9 Å². The number of nitrogens with two attached hydrogens (primary N) is 1. The molecule has 2 nitrogen and oxygen atoms in total. The van der Waals surface area contributed by atoms with Crippen molar-refractivity contribution >= 4 is 15.9 Å². The van der Waals surface area contributed by atoms with Crippen molar-refractivity contribution in [2.75, 3.05) is 0 Å². The Morgan fingerprint density at radius 2 is 1.94 bits per heavy atom. The number of rotatable bonds is 2. The molecule has 0 heterocycles. The highest BCUT2D eigenvalue weighted by molar-refractivity contribution is 9.10. The summed E-state index contributed by atoms with van der Waals surface area (Å²) in [5, 5.41) is 9.80. The summed E-state index contributed by atoms with van der Waals surface area (Å²) in [4.78, 5) is 0. The minimum Gasteiger partial charge on any atom is -0.506 e. The third kappa shape index (κ3) is 2.31. The number of phenols is 1. The summed E-state index contributed by atoms with van der Waals surface area (Å²) in [5.41, 5.74) is 5.84. The quantitative estimate of drug-likeness (QED) is 0.820. The summed E-state index contributed by atoms with van der Waals surface area (Å²) < 4.78 is 27.1. The van der Waals surface area contributed by atoms with Gasteiger partial charge in [0.15, 0.2) is 11.6 Å². The maximum absolute atomic E-state index is 13.7. The molecule has 5 heteroatoms. The number of benzene rings is 1. The molecule has 0 aromatic heterocycles. The second kappa shape index (κ2) is 4.90. The molecule has 1 aromatic carbocycles. The van der Waals surface area contributed by atoms with Crippen molar-refractivity contribution in [3.05, 3.63) is 27.7 Å². The van der Waals surface area contributed by atoms with E-state index < -0.39 is 17.7 Å². The van der Waals surface area contributed by atoms with Gasteiger partial charge >= 0.3 is 0 Å². The van der Waals surface area contributed by atoms with Gasteiger partial charge in [0.25, 0.3) is 0 Å². The molecule has 0 saturated heterocycles. The normalized spacial score (nSPS) is 18.6. The summed E-state index contributed by atoms with van der Waals surface area (Å²) in [6, 6.07) is 0.264. The number of hydrogen-bond donors (Lipinski definition) is 2. The maximum atomic E-state index is 13.7. The Labute approximate surface area is 107 Å². The molecule has 1 aromatic rings. The van der Waals surface area contributed by atoms with E-state index in [1.165, 1.54) is 0 Å². The van der Waals surface area contributed by atoms with Gasteiger partial charge < -0.3 is 10.8 Å². The lowest BCUT2D eigenvalue weighted by Crippen LogP contribution is -2.21. The highest BCUT2D eigenvalue weighted by atomic mass is 79.9. The molecule has 2 rings (SSSR count). The third-order valence-corrected chi connectivity index (χ3v) is 4.03. The predicted octanol–water partition coefficient (Wildman–Crippen LogP) is 3.62. The number of halogens is 3. The van der Waals surface area contributed by atoms with Crippen LogP contribution in [0.3, 0.4) is 0 Å². The Morgan fingerprint density at radius 3 is 2.53 bits per heavy atom. The summed E-state index contributed by atoms with van der Waals surface area (Å²) in [6.07, 6.45) is 3.90. The fourth-order valence-corrected chi connectivity index (χ4v) is 2.88. The van der Waals surface area contributed by atoms with Crippen molar-refractivity contribution in [2.45, 2.75) is 31.7 Å². The Hall–Kier alpha value is -0.680. The van der Waals surface area contributed by atoms with E-state index in [0.717, 1.165) is 31.7 Å². The molecule has 17 heavy (non-hydrogen) atoms. The SMILES string of the molecule is N[C@H](c1c(O)c(Br)cc(F)c1F)C1CCCC1. The van der Waals surface area contributed by atoms with Gasteiger partial charge in [-0.05, 0) is 40.8 Å². The van der Waals surface area contributed by atoms with Gasteiger partial charge in [0.1, 0.15) is 5.75 Å². The first-order chi connectivity index (χ1) is 8.02. The van der Waals surface area contributed by atoms with E-state index in [4.69, 9.17) is 5.73 Å². The molecule has 1 atom stereocenters. The molecule has 1 aliphatic rings. The lowest BCUT2D eigenvalue weighted by atomic mass is 9.91. The van der Waals surface area contributed by atoms with Crippen molar-refractivity contribution < 1.29 is 13.9 Å². The minimum atomic E-state index is -1.04. The summed E-state index contributed by atoms with van der Waals surface area (Å²) in [7, 11) is 0. The molecule has 1 fully saturated rings. The summed E-state index contributed by atoms with van der Waals surface area (Å²) in [6.45, 7) is 0. The Balaban J connectivity index is 2.42. The van der Waals surface area contributed by atoms with Gasteiger partial charge in [-0.3, -0.25) is 0 Å². The topological polar surface area (TPSA) is 46.2 Å². The Bertz CT molecular complexity index is 407. The zero-order valence-corrected chi connectivity index (χ0v) is 10.8. The lowest BCUT2D eigenvalue weighted by molar-refractivity contribution is 0.382. The van der Waals surface area contributed by atoms with Gasteiger partial charge in [-0.1, -0.05) is 12.8 Å². The van der Waals surface area contributed by atoms with Gasteiger partial charge in [-0.25, -0.2) is 8.78 Å². The predicted molar refractivity (Wildman–Crippen MR) is 64.6 cm³/mol. The van der Waals surface area contributed by atoms with Gasteiger partial charge in [-0.15, -0.1) is 0 Å². The van der Waals surface area contributed by atoms with Crippen molar-refractivity contribution in [2.24, 2.45) is 11.7 Å². The van der Waals surface area contributed by atoms with Crippen molar-refractivity contribution in [3.8, 4) is 5.75 Å². The van der Waals surface area contributed by atoms with E-state index in [0.29, 0.717) is 0 Å². The van der Waals surface area contributed by atoms with E-state index in [9.17, 15) is 13.9 Å². The number of hydrogen-bond acceptors (Lipinski definition) is 2. The molecule has 0 amide bonds. The Kier molecular flexibility index (Phi) is 3.68. The van der Waals surface area contributed by atoms with Crippen LogP contribution in [-0.2, 0) is 0 Å². The first-order valence-corrected chi connectivity index (χ1v) is 6.43. The Morgan fingerprint density at radius 1 is 1.35 bits per heavy atom. The standard InChI is InChI=1S/C12H14BrF2NO/c13-7-5-8(14)10(15)9(12(7)17)11(16)6-3-1-2-4-6/h5-6,11,17H,1-4,16H2/t11-/m0/s1. The van der Waals surface area contributed by atoms with Crippen molar-refractivity contribution in [3.63, 3.8) is 0 Å². The van der Waals surface area contributed by atoms with Crippen molar-refractivity contribution in [1.82, 2.24) is 0 Å². The molecule has 0 radical (unpaired) electrons. The van der Waals surface area contributed by atoms with E-state index >= 15 is 0 Å². The van der Waals surface area contributed by atoms with Gasteiger partial charge in [0, 0.05) is 6.04 Å². The molecule has 94 valence electrons. The van der Waals surface area contributed by atoms with Gasteiger partial charge in [0.05, 0.1) is 10.0 Å². The first kappa shape index (κ1) is 12.8. The van der Waals surface area contributed by atoms with Gasteiger partial charge in [0.2, 0.25) is 0 Å². The minimum absolute atomic E-state index is 0.108. The van der Waals surface area contributed by atoms with Crippen LogP contribution in [0, 0.1) is 17.6 Å². The fourth-order valence-electron chi connectivity index (χ4n) is 2.46. The van der Waals surface area contributed by atoms with Crippen LogP contribution in [0.25, 0.3) is 0 Å². The third-order valence-electron chi connectivity index (χ3n) is 3.42. The first-order valence-electron chi connectivity index (χ1n) is 5.64. The van der Waals surface area contributed by atoms with Crippen LogP contribution in [0.2, 0.25) is 0 Å². The molecule has 1 aliphatic carbocycles. The highest BCUT2D eigenvalue weighted by Gasteiger charge is 2.29. The highest BCUT2D eigenvalue weighted by Crippen LogP contribution is 2.41. The van der Waals surface area contributed by atoms with Crippen LogP contribution in [0.1, 0.15) is 37.3 Å². The molecule has 3 N–H and O–H groups in total. The summed E-state index contributed by atoms with van der Waals surface area (Å²) in [5.74, 6) is -2.20. The van der Waals surface area contributed by atoms with E-state index in [1.54, 1.807) is 0 Å². The molecule has 1 saturated carbocycles. The van der Waals surface area contributed by atoms with Gasteiger partial charge in [-0.2, -0.15) is 0 Å². The van der Waals surface area contributed by atoms with E-state index in [2.05, 4.69) is 15.9 Å². The van der Waals surface area contributed by atoms with E-state index in [-0.39, 0.29) is 21.7 Å². The van der Waals surface area contributed by atoms with Crippen molar-refractivity contribution in [1.29, 1.82) is 0 Å². The molecular weight excluding hydrogens is 292 g/mol. The van der Waals surface area contributed by atoms with Crippen LogP contribution in [0.15, 0.2) is 10.5 Å². The second-order valence-corrected chi connectivity index (χ2v) is 5.34. The lowest BCUT2D eigenvalue weighted by Gasteiger charge is -2.21. The smallest absolute Gasteiger partial charge is 0.167 e. The zero-order valence-electron chi connectivity index (χ0n) is 9.22. The van der Waals surface area contributed by atoms with Crippen LogP contribution in [0.4, 0.5) is 8.78 Å². The number of aromatic hydroxyl groups is 1. The van der Waals surface area contributed by atoms with Crippen LogP contribution in [-0.4, -0.2) is 5.11 Å². The molecular formula is C12H14BrF2NO. The maximum Gasteiger partial charge on any atom is 0.167 e. The van der Waals surface area contributed by atoms with E-state index in [1.807, 2.05) is 0 Å². The van der Waals surface area contributed by atoms with Crippen LogP contribution < -0.4 is 5.73 Å². The molecule has 0 aliphatic heterocycles. The fraction of sp³-hybridized carbons (Fsp3) is 0.500. The molecule has 0 unspecified atom stereocenters. The largest absolute Gasteiger partial charge is 0.506 e. The van der Waals surface area contributed by atoms with Crippen LogP contribution in [0.5, 0.6) is 5.75 Å². The average molecular weight is 306 g/mol.